The summed E-state index contributed by atoms with van der Waals surface area (Å²) in [6.07, 6.45) is 2.16. The second kappa shape index (κ2) is 16.0. The topological polar surface area (TPSA) is 148 Å². The number of nitrogens with zero attached hydrogens (tertiary/aromatic N) is 2. The predicted octanol–water partition coefficient (Wildman–Crippen LogP) is 8.51. The molecule has 0 saturated heterocycles. The molecule has 0 fully saturated rings. The van der Waals surface area contributed by atoms with E-state index in [4.69, 9.17) is 28.4 Å². The first-order valence-electron chi connectivity index (χ1n) is 16.4. The van der Waals surface area contributed by atoms with Crippen molar-refractivity contribution >= 4 is 36.5 Å². The minimum atomic E-state index is -4.55. The largest absolute Gasteiger partial charge is 0.532 e. The highest BCUT2D eigenvalue weighted by molar-refractivity contribution is 7.48. The maximum Gasteiger partial charge on any atom is 0.532 e. The third-order valence-electron chi connectivity index (χ3n) is 8.24. The first-order valence-corrected chi connectivity index (χ1v) is 17.8. The molecule has 14 heteroatoms. The van der Waals surface area contributed by atoms with Crippen LogP contribution in [0.3, 0.4) is 0 Å². The molecule has 2 N–H and O–H groups in total. The van der Waals surface area contributed by atoms with E-state index in [1.807, 2.05) is 12.1 Å². The van der Waals surface area contributed by atoms with Crippen LogP contribution in [0.2, 0.25) is 0 Å². The van der Waals surface area contributed by atoms with Gasteiger partial charge in [0.15, 0.2) is 0 Å². The lowest BCUT2D eigenvalue weighted by molar-refractivity contribution is -0.293. The van der Waals surface area contributed by atoms with Crippen molar-refractivity contribution in [2.24, 2.45) is 0 Å². The number of hydrogen-bond acceptors (Lipinski definition) is 10. The standard InChI is InChI=1S/C37H39N4O9P/c1-37(2,3)29-18-19-30-28(21-29)17-20-33(30)40-35(42)39-32-15-10-16-34-31(32)22-38-41(34)36(43)45-25-48-51(44,49-46-23-26-11-6-4-7-12-26)50-47-24-27-13-8-5-9-14-27/h4-16,18-19,21-22,33H,17,20,23-25H2,1-3H3,(H2,39,40,42)/t33-/m1/s1. The Bertz CT molecular complexity index is 1970. The molecule has 1 atom stereocenters. The monoisotopic (exact) mass is 714 g/mol. The molecule has 1 heterocycles. The Morgan fingerprint density at radius 3 is 2.20 bits per heavy atom. The summed E-state index contributed by atoms with van der Waals surface area (Å²) < 4.78 is 34.6. The van der Waals surface area contributed by atoms with Crippen LogP contribution in [0.15, 0.2) is 103 Å². The second-order valence-electron chi connectivity index (χ2n) is 12.9. The van der Waals surface area contributed by atoms with Gasteiger partial charge in [-0.05, 0) is 58.2 Å². The summed E-state index contributed by atoms with van der Waals surface area (Å²) in [4.78, 5) is 36.4. The van der Waals surface area contributed by atoms with Crippen molar-refractivity contribution < 1.29 is 42.5 Å². The molecule has 1 aliphatic rings. The predicted molar refractivity (Wildman–Crippen MR) is 188 cm³/mol. The van der Waals surface area contributed by atoms with Gasteiger partial charge in [-0.3, -0.25) is 0 Å². The third-order valence-corrected chi connectivity index (χ3v) is 9.24. The molecular weight excluding hydrogens is 675 g/mol. The summed E-state index contributed by atoms with van der Waals surface area (Å²) >= 11 is 0. The van der Waals surface area contributed by atoms with Crippen LogP contribution in [0.1, 0.15) is 61.1 Å². The Kier molecular flexibility index (Phi) is 11.3. The van der Waals surface area contributed by atoms with Gasteiger partial charge in [0.05, 0.1) is 23.4 Å². The van der Waals surface area contributed by atoms with Crippen LogP contribution in [-0.4, -0.2) is 28.7 Å². The summed E-state index contributed by atoms with van der Waals surface area (Å²) in [6.45, 7) is 5.54. The fourth-order valence-corrected chi connectivity index (χ4v) is 6.24. The van der Waals surface area contributed by atoms with Crippen molar-refractivity contribution in [2.75, 3.05) is 12.1 Å². The highest BCUT2D eigenvalue weighted by Crippen LogP contribution is 2.50. The summed E-state index contributed by atoms with van der Waals surface area (Å²) in [6, 6.07) is 29.0. The molecule has 2 amide bonds. The van der Waals surface area contributed by atoms with E-state index in [2.05, 4.69) is 54.7 Å². The van der Waals surface area contributed by atoms with E-state index < -0.39 is 20.7 Å². The van der Waals surface area contributed by atoms with Gasteiger partial charge in [0, 0.05) is 5.39 Å². The molecule has 1 aromatic heterocycles. The van der Waals surface area contributed by atoms with E-state index in [9.17, 15) is 14.2 Å². The summed E-state index contributed by atoms with van der Waals surface area (Å²) in [5.74, 6) is 0. The average Bonchev–Trinajstić information content (AvgIpc) is 3.73. The molecule has 266 valence electrons. The maximum absolute atomic E-state index is 13.3. The lowest BCUT2D eigenvalue weighted by Crippen LogP contribution is -2.31. The number of amides is 2. The highest BCUT2D eigenvalue weighted by Gasteiger charge is 2.32. The zero-order valence-corrected chi connectivity index (χ0v) is 29.3. The lowest BCUT2D eigenvalue weighted by atomic mass is 9.85. The minimum Gasteiger partial charge on any atom is -0.420 e. The number of fused-ring (bicyclic) bond motifs is 2. The number of aromatic nitrogens is 2. The first-order chi connectivity index (χ1) is 24.6. The molecule has 6 rings (SSSR count). The smallest absolute Gasteiger partial charge is 0.420 e. The molecule has 0 unspecified atom stereocenters. The summed E-state index contributed by atoms with van der Waals surface area (Å²) in [5, 5.41) is 10.6. The minimum absolute atomic E-state index is 0.0422. The van der Waals surface area contributed by atoms with E-state index in [0.717, 1.165) is 34.2 Å². The van der Waals surface area contributed by atoms with Gasteiger partial charge in [0.2, 0.25) is 6.79 Å². The number of phosphoric acid groups is 1. The Morgan fingerprint density at radius 2 is 1.55 bits per heavy atom. The normalized spacial score (nSPS) is 14.3. The zero-order chi connectivity index (χ0) is 35.8. The first kappa shape index (κ1) is 35.9. The Morgan fingerprint density at radius 1 is 0.882 bits per heavy atom. The third kappa shape index (κ3) is 9.27. The molecule has 0 radical (unpaired) electrons. The van der Waals surface area contributed by atoms with Gasteiger partial charge >= 0.3 is 19.9 Å². The molecule has 13 nitrogen and oxygen atoms in total. The zero-order valence-electron chi connectivity index (χ0n) is 28.4. The van der Waals surface area contributed by atoms with Gasteiger partial charge in [-0.25, -0.2) is 28.5 Å². The fraction of sp³-hybridized carbons (Fsp3) is 0.270. The maximum atomic E-state index is 13.3. The molecule has 0 aliphatic heterocycles. The van der Waals surface area contributed by atoms with Crippen LogP contribution in [-0.2, 0) is 58.0 Å². The van der Waals surface area contributed by atoms with Gasteiger partial charge in [0.25, 0.3) is 0 Å². The number of ether oxygens (including phenoxy) is 1. The number of benzene rings is 4. The van der Waals surface area contributed by atoms with Gasteiger partial charge in [-0.15, -0.1) is 9.35 Å². The van der Waals surface area contributed by atoms with Crippen LogP contribution in [0.4, 0.5) is 15.3 Å². The fourth-order valence-electron chi connectivity index (χ4n) is 5.58. The van der Waals surface area contributed by atoms with Crippen LogP contribution in [0.25, 0.3) is 10.9 Å². The van der Waals surface area contributed by atoms with Crippen LogP contribution in [0.5, 0.6) is 0 Å². The quantitative estimate of drug-likeness (QED) is 0.0526. The lowest BCUT2D eigenvalue weighted by Gasteiger charge is -2.21. The number of aryl methyl sites for hydroxylation is 1. The van der Waals surface area contributed by atoms with E-state index in [-0.39, 0.29) is 30.7 Å². The van der Waals surface area contributed by atoms with Crippen molar-refractivity contribution in [3.63, 3.8) is 0 Å². The Labute approximate surface area is 295 Å². The summed E-state index contributed by atoms with van der Waals surface area (Å²) in [5.41, 5.74) is 5.92. The van der Waals surface area contributed by atoms with Gasteiger partial charge in [-0.2, -0.15) is 9.78 Å². The van der Waals surface area contributed by atoms with E-state index >= 15 is 0 Å². The number of carbonyl (C=O) groups excluding carboxylic acids is 2. The number of rotatable bonds is 13. The van der Waals surface area contributed by atoms with Crippen molar-refractivity contribution in [3.8, 4) is 0 Å². The number of nitrogens with one attached hydrogen (secondary N) is 2. The van der Waals surface area contributed by atoms with Crippen LogP contribution >= 0.6 is 7.82 Å². The number of hydrogen-bond donors (Lipinski definition) is 2. The van der Waals surface area contributed by atoms with Crippen molar-refractivity contribution in [3.05, 3.63) is 131 Å². The van der Waals surface area contributed by atoms with Gasteiger partial charge in [0.1, 0.15) is 13.2 Å². The van der Waals surface area contributed by atoms with Crippen molar-refractivity contribution in [2.45, 2.75) is 58.3 Å². The number of carbonyl (C=O) groups is 2. The Balaban J connectivity index is 1.05. The van der Waals surface area contributed by atoms with Gasteiger partial charge < -0.3 is 15.4 Å². The molecule has 4 aromatic carbocycles. The second-order valence-corrected chi connectivity index (χ2v) is 14.3. The van der Waals surface area contributed by atoms with E-state index in [1.54, 1.807) is 66.7 Å². The summed E-state index contributed by atoms with van der Waals surface area (Å²) in [7, 11) is -4.55. The average molecular weight is 715 g/mol. The van der Waals surface area contributed by atoms with Crippen LogP contribution in [0, 0.1) is 0 Å². The van der Waals surface area contributed by atoms with Gasteiger partial charge in [-0.1, -0.05) is 106 Å². The van der Waals surface area contributed by atoms with Crippen molar-refractivity contribution in [1.82, 2.24) is 15.1 Å². The number of anilines is 1. The molecule has 1 aliphatic carbocycles. The molecule has 5 aromatic rings. The molecule has 0 spiro atoms. The van der Waals surface area contributed by atoms with Crippen molar-refractivity contribution in [1.29, 1.82) is 0 Å². The molecule has 0 saturated carbocycles. The van der Waals surface area contributed by atoms with E-state index in [0.29, 0.717) is 16.6 Å². The molecule has 51 heavy (non-hydrogen) atoms. The Hall–Kier alpha value is -4.88. The molecular formula is C37H39N4O9P. The SMILES string of the molecule is CC(C)(C)c1ccc2c(c1)CC[C@H]2NC(=O)Nc1cccc2c1cnn2C(=O)OCOP(=O)(OOCc1ccccc1)OOCc1ccccc1. The number of urea groups is 1. The molecule has 0 bridgehead atoms. The van der Waals surface area contributed by atoms with Crippen LogP contribution < -0.4 is 10.6 Å². The van der Waals surface area contributed by atoms with E-state index in [1.165, 1.54) is 17.3 Å². The highest BCUT2D eigenvalue weighted by atomic mass is 31.2.